The van der Waals surface area contributed by atoms with Gasteiger partial charge in [0.05, 0.1) is 0 Å². The zero-order chi connectivity index (χ0) is 15.9. The van der Waals surface area contributed by atoms with E-state index >= 15 is 0 Å². The van der Waals surface area contributed by atoms with E-state index in [1.54, 1.807) is 0 Å². The van der Waals surface area contributed by atoms with Crippen molar-refractivity contribution in [2.45, 2.75) is 73.1 Å². The van der Waals surface area contributed by atoms with Crippen LogP contribution in [0.1, 0.15) is 70.7 Å². The number of unbranched alkanes of at least 4 members (excludes halogenated alkanes) is 3. The Kier molecular flexibility index (Phi) is 13.5. The first-order valence-corrected chi connectivity index (χ1v) is 8.76. The average molecular weight is 293 g/mol. The molecule has 0 N–H and O–H groups in total. The molecule has 2 heteroatoms. The van der Waals surface area contributed by atoms with Gasteiger partial charge < -0.3 is 4.90 Å². The van der Waals surface area contributed by atoms with Crippen molar-refractivity contribution >= 4 is 0 Å². The van der Waals surface area contributed by atoms with Gasteiger partial charge in [0.2, 0.25) is 0 Å². The van der Waals surface area contributed by atoms with Crippen LogP contribution in [0.2, 0.25) is 0 Å². The van der Waals surface area contributed by atoms with Crippen LogP contribution in [0.15, 0.2) is 18.2 Å². The molecule has 0 aliphatic rings. The quantitative estimate of drug-likeness (QED) is 0.607. The van der Waals surface area contributed by atoms with E-state index < -0.39 is 0 Å². The molecule has 0 unspecified atom stereocenters. The lowest BCUT2D eigenvalue weighted by molar-refractivity contribution is 0.261. The van der Waals surface area contributed by atoms with Gasteiger partial charge >= 0.3 is 0 Å². The number of pyridine rings is 1. The maximum absolute atomic E-state index is 4.17. The standard InChI is InChI=1S/C12H27N.C7H9N/c1-4-7-10-13(11-8-5-2)12-9-6-3;1-6-4-3-5-7(2)8-6/h4-12H2,1-3H3;3-5H,1-2H3. The van der Waals surface area contributed by atoms with E-state index in [2.05, 4.69) is 30.7 Å². The number of aryl methyl sites for hydroxylation is 2. The third-order valence-corrected chi connectivity index (χ3v) is 3.51. The fourth-order valence-corrected chi connectivity index (χ4v) is 2.16. The van der Waals surface area contributed by atoms with Crippen LogP contribution in [-0.4, -0.2) is 29.5 Å². The van der Waals surface area contributed by atoms with Crippen molar-refractivity contribution in [3.63, 3.8) is 0 Å². The van der Waals surface area contributed by atoms with Crippen LogP contribution < -0.4 is 0 Å². The van der Waals surface area contributed by atoms with E-state index in [1.165, 1.54) is 58.2 Å². The minimum atomic E-state index is 1.09. The van der Waals surface area contributed by atoms with Crippen molar-refractivity contribution in [2.75, 3.05) is 19.6 Å². The Morgan fingerprint density at radius 1 is 0.762 bits per heavy atom. The van der Waals surface area contributed by atoms with Crippen molar-refractivity contribution < 1.29 is 0 Å². The predicted molar refractivity (Wildman–Crippen MR) is 94.9 cm³/mol. The van der Waals surface area contributed by atoms with Gasteiger partial charge in [0.25, 0.3) is 0 Å². The molecule has 0 aliphatic heterocycles. The van der Waals surface area contributed by atoms with Gasteiger partial charge in [0.1, 0.15) is 0 Å². The summed E-state index contributed by atoms with van der Waals surface area (Å²) in [5.41, 5.74) is 2.18. The molecule has 0 amide bonds. The highest BCUT2D eigenvalue weighted by Gasteiger charge is 2.01. The molecular formula is C19H36N2. The largest absolute Gasteiger partial charge is 0.303 e. The maximum atomic E-state index is 4.17. The number of rotatable bonds is 9. The van der Waals surface area contributed by atoms with E-state index in [-0.39, 0.29) is 0 Å². The lowest BCUT2D eigenvalue weighted by Gasteiger charge is -2.21. The summed E-state index contributed by atoms with van der Waals surface area (Å²) >= 11 is 0. The SMILES string of the molecule is CCCCN(CCCC)CCCC.Cc1cccc(C)n1. The van der Waals surface area contributed by atoms with E-state index in [0.29, 0.717) is 0 Å². The Bertz CT molecular complexity index is 300. The molecule has 0 radical (unpaired) electrons. The van der Waals surface area contributed by atoms with Crippen LogP contribution >= 0.6 is 0 Å². The van der Waals surface area contributed by atoms with Crippen LogP contribution in [0.25, 0.3) is 0 Å². The summed E-state index contributed by atoms with van der Waals surface area (Å²) in [4.78, 5) is 6.81. The molecule has 1 aromatic rings. The second-order valence-corrected chi connectivity index (χ2v) is 5.82. The van der Waals surface area contributed by atoms with Gasteiger partial charge in [-0.15, -0.1) is 0 Å². The monoisotopic (exact) mass is 292 g/mol. The second kappa shape index (κ2) is 14.1. The highest BCUT2D eigenvalue weighted by atomic mass is 15.1. The number of nitrogens with zero attached hydrogens (tertiary/aromatic N) is 2. The third-order valence-electron chi connectivity index (χ3n) is 3.51. The molecular weight excluding hydrogens is 256 g/mol. The minimum absolute atomic E-state index is 1.09. The van der Waals surface area contributed by atoms with E-state index in [1.807, 2.05) is 32.0 Å². The normalized spacial score (nSPS) is 10.4. The number of aromatic nitrogens is 1. The van der Waals surface area contributed by atoms with Crippen LogP contribution in [0.3, 0.4) is 0 Å². The van der Waals surface area contributed by atoms with Crippen molar-refractivity contribution in [3.05, 3.63) is 29.6 Å². The first-order valence-electron chi connectivity index (χ1n) is 8.76. The summed E-state index contributed by atoms with van der Waals surface area (Å²) in [5, 5.41) is 0. The van der Waals surface area contributed by atoms with Gasteiger partial charge in [-0.05, 0) is 64.9 Å². The van der Waals surface area contributed by atoms with Crippen LogP contribution in [-0.2, 0) is 0 Å². The Hall–Kier alpha value is -0.890. The molecule has 0 atom stereocenters. The van der Waals surface area contributed by atoms with Gasteiger partial charge in [0, 0.05) is 11.4 Å². The zero-order valence-corrected chi connectivity index (χ0v) is 15.0. The first-order chi connectivity index (χ1) is 10.1. The Balaban J connectivity index is 0.000000423. The minimum Gasteiger partial charge on any atom is -0.303 e. The summed E-state index contributed by atoms with van der Waals surface area (Å²) in [5.74, 6) is 0. The van der Waals surface area contributed by atoms with E-state index in [9.17, 15) is 0 Å². The number of hydrogen-bond acceptors (Lipinski definition) is 2. The van der Waals surface area contributed by atoms with Gasteiger partial charge in [-0.1, -0.05) is 46.1 Å². The molecule has 1 heterocycles. The summed E-state index contributed by atoms with van der Waals surface area (Å²) < 4.78 is 0. The van der Waals surface area contributed by atoms with Crippen LogP contribution in [0.4, 0.5) is 0 Å². The van der Waals surface area contributed by atoms with Crippen molar-refractivity contribution in [3.8, 4) is 0 Å². The number of hydrogen-bond donors (Lipinski definition) is 0. The topological polar surface area (TPSA) is 16.1 Å². The maximum Gasteiger partial charge on any atom is 0.0375 e. The molecule has 0 spiro atoms. The third kappa shape index (κ3) is 12.6. The van der Waals surface area contributed by atoms with Crippen molar-refractivity contribution in [1.82, 2.24) is 9.88 Å². The molecule has 122 valence electrons. The molecule has 0 saturated heterocycles. The smallest absolute Gasteiger partial charge is 0.0375 e. The van der Waals surface area contributed by atoms with E-state index in [0.717, 1.165) is 11.4 Å². The lowest BCUT2D eigenvalue weighted by atomic mass is 10.2. The first kappa shape index (κ1) is 20.1. The molecule has 2 nitrogen and oxygen atoms in total. The Labute approximate surface area is 133 Å². The van der Waals surface area contributed by atoms with Gasteiger partial charge in [-0.3, -0.25) is 4.98 Å². The highest BCUT2D eigenvalue weighted by molar-refractivity contribution is 5.07. The predicted octanol–water partition coefficient (Wildman–Crippen LogP) is 5.39. The van der Waals surface area contributed by atoms with Gasteiger partial charge in [-0.25, -0.2) is 0 Å². The van der Waals surface area contributed by atoms with Crippen LogP contribution in [0, 0.1) is 13.8 Å². The average Bonchev–Trinajstić information content (AvgIpc) is 2.47. The molecule has 1 rings (SSSR count). The molecule has 0 fully saturated rings. The summed E-state index contributed by atoms with van der Waals surface area (Å²) in [6.07, 6.45) is 8.09. The molecule has 0 bridgehead atoms. The summed E-state index contributed by atoms with van der Waals surface area (Å²) in [7, 11) is 0. The fraction of sp³-hybridized carbons (Fsp3) is 0.737. The van der Waals surface area contributed by atoms with Gasteiger partial charge in [0.15, 0.2) is 0 Å². The molecule has 0 saturated carbocycles. The zero-order valence-electron chi connectivity index (χ0n) is 15.0. The van der Waals surface area contributed by atoms with E-state index in [4.69, 9.17) is 0 Å². The van der Waals surface area contributed by atoms with Crippen molar-refractivity contribution in [2.24, 2.45) is 0 Å². The lowest BCUT2D eigenvalue weighted by Crippen LogP contribution is -2.27. The summed E-state index contributed by atoms with van der Waals surface area (Å²) in [6, 6.07) is 6.00. The molecule has 1 aromatic heterocycles. The summed E-state index contributed by atoms with van der Waals surface area (Å²) in [6.45, 7) is 14.8. The highest BCUT2D eigenvalue weighted by Crippen LogP contribution is 2.01. The molecule has 0 aromatic carbocycles. The molecule has 21 heavy (non-hydrogen) atoms. The van der Waals surface area contributed by atoms with Gasteiger partial charge in [-0.2, -0.15) is 0 Å². The molecule has 0 aliphatic carbocycles. The Morgan fingerprint density at radius 2 is 1.14 bits per heavy atom. The van der Waals surface area contributed by atoms with Crippen molar-refractivity contribution in [1.29, 1.82) is 0 Å². The fourth-order valence-electron chi connectivity index (χ4n) is 2.16. The van der Waals surface area contributed by atoms with Crippen LogP contribution in [0.5, 0.6) is 0 Å². The Morgan fingerprint density at radius 3 is 1.38 bits per heavy atom. The second-order valence-electron chi connectivity index (χ2n) is 5.82.